The van der Waals surface area contributed by atoms with Crippen molar-refractivity contribution in [2.45, 2.75) is 13.0 Å². The molecule has 4 N–H and O–H groups in total. The van der Waals surface area contributed by atoms with E-state index in [1.54, 1.807) is 60.9 Å². The average Bonchev–Trinajstić information content (AvgIpc) is 2.87. The summed E-state index contributed by atoms with van der Waals surface area (Å²) in [5.74, 6) is -0.822. The zero-order valence-corrected chi connectivity index (χ0v) is 19.9. The van der Waals surface area contributed by atoms with Crippen LogP contribution in [-0.2, 0) is 13.0 Å². The molecule has 2 aromatic heterocycles. The Hall–Kier alpha value is -4.30. The number of nitrogens with one attached hydrogen (secondary N) is 2. The van der Waals surface area contributed by atoms with E-state index in [1.165, 1.54) is 22.9 Å². The number of pyridine rings is 2. The molecule has 7 nitrogen and oxygen atoms in total. The minimum absolute atomic E-state index is 0.0474. The molecule has 4 aromatic rings. The molecule has 1 amide bonds. The SMILES string of the molecule is N=C(CNC(=O)c1cncc(Cc2ccc(Cn3ccccc3=O)cc2F)c1)c1cc(Cl)ccc1N. The predicted octanol–water partition coefficient (Wildman–Crippen LogP) is 4.05. The van der Waals surface area contributed by atoms with E-state index in [1.807, 2.05) is 0 Å². The quantitative estimate of drug-likeness (QED) is 0.248. The molecule has 0 unspecified atom stereocenters. The summed E-state index contributed by atoms with van der Waals surface area (Å²) in [5, 5.41) is 11.3. The van der Waals surface area contributed by atoms with Crippen molar-refractivity contribution in [3.63, 3.8) is 0 Å². The van der Waals surface area contributed by atoms with E-state index < -0.39 is 11.7 Å². The summed E-state index contributed by atoms with van der Waals surface area (Å²) < 4.78 is 16.3. The molecule has 182 valence electrons. The topological polar surface area (TPSA) is 114 Å². The number of hydrogen-bond donors (Lipinski definition) is 3. The molecule has 2 heterocycles. The second-order valence-electron chi connectivity index (χ2n) is 8.24. The van der Waals surface area contributed by atoms with Crippen molar-refractivity contribution >= 4 is 28.9 Å². The number of nitrogen functional groups attached to an aromatic ring is 1. The Morgan fingerprint density at radius 3 is 2.69 bits per heavy atom. The number of anilines is 1. The van der Waals surface area contributed by atoms with Gasteiger partial charge in [0.1, 0.15) is 5.82 Å². The van der Waals surface area contributed by atoms with Gasteiger partial charge >= 0.3 is 0 Å². The fourth-order valence-corrected chi connectivity index (χ4v) is 3.88. The first kappa shape index (κ1) is 24.8. The van der Waals surface area contributed by atoms with Gasteiger partial charge in [-0.15, -0.1) is 0 Å². The molecule has 0 saturated heterocycles. The highest BCUT2D eigenvalue weighted by atomic mass is 35.5. The molecule has 0 aliphatic carbocycles. The molecule has 0 bridgehead atoms. The van der Waals surface area contributed by atoms with Crippen molar-refractivity contribution in [1.29, 1.82) is 5.41 Å². The number of halogens is 2. The van der Waals surface area contributed by atoms with E-state index >= 15 is 0 Å². The molecule has 0 aliphatic heterocycles. The zero-order chi connectivity index (χ0) is 25.7. The third-order valence-corrected chi connectivity index (χ3v) is 5.82. The van der Waals surface area contributed by atoms with E-state index in [0.717, 1.165) is 0 Å². The fraction of sp³-hybridized carbons (Fsp3) is 0.111. The number of amides is 1. The van der Waals surface area contributed by atoms with E-state index in [-0.39, 0.29) is 30.8 Å². The van der Waals surface area contributed by atoms with Gasteiger partial charge in [0.05, 0.1) is 24.4 Å². The zero-order valence-electron chi connectivity index (χ0n) is 19.2. The molecular formula is C27H23ClFN5O2. The first-order valence-corrected chi connectivity index (χ1v) is 11.5. The van der Waals surface area contributed by atoms with E-state index in [9.17, 15) is 14.0 Å². The molecule has 0 saturated carbocycles. The van der Waals surface area contributed by atoms with Crippen LogP contribution in [0.4, 0.5) is 10.1 Å². The molecule has 0 fully saturated rings. The number of carbonyl (C=O) groups is 1. The Balaban J connectivity index is 1.41. The van der Waals surface area contributed by atoms with Gasteiger partial charge in [-0.25, -0.2) is 4.39 Å². The van der Waals surface area contributed by atoms with Crippen molar-refractivity contribution in [3.05, 3.63) is 128 Å². The monoisotopic (exact) mass is 503 g/mol. The third-order valence-electron chi connectivity index (χ3n) is 5.59. The number of carbonyl (C=O) groups excluding carboxylic acids is 1. The Labute approximate surface area is 211 Å². The van der Waals surface area contributed by atoms with Crippen molar-refractivity contribution in [2.24, 2.45) is 0 Å². The minimum atomic E-state index is -0.418. The largest absolute Gasteiger partial charge is 0.398 e. The maximum absolute atomic E-state index is 14.8. The van der Waals surface area contributed by atoms with Gasteiger partial charge in [-0.1, -0.05) is 29.8 Å². The van der Waals surface area contributed by atoms with Crippen LogP contribution in [0.25, 0.3) is 0 Å². The second kappa shape index (κ2) is 11.0. The lowest BCUT2D eigenvalue weighted by molar-refractivity contribution is 0.0959. The lowest BCUT2D eigenvalue weighted by Gasteiger charge is -2.11. The standard InChI is InChI=1S/C27H23ClFN5O2/c28-21-6-7-24(30)22(12-21)25(31)15-33-27(36)20-10-18(13-32-14-20)9-19-5-4-17(11-23(19)29)16-34-8-2-1-3-26(34)35/h1-8,10-14,31H,9,15-16,30H2,(H,33,36). The smallest absolute Gasteiger partial charge is 0.253 e. The van der Waals surface area contributed by atoms with Gasteiger partial charge in [-0.2, -0.15) is 0 Å². The Kier molecular flexibility index (Phi) is 7.56. The minimum Gasteiger partial charge on any atom is -0.398 e. The van der Waals surface area contributed by atoms with Crippen LogP contribution in [0, 0.1) is 11.2 Å². The van der Waals surface area contributed by atoms with Gasteiger partial charge in [0.15, 0.2) is 0 Å². The maximum Gasteiger partial charge on any atom is 0.253 e. The van der Waals surface area contributed by atoms with Gasteiger partial charge in [0.2, 0.25) is 0 Å². The molecule has 36 heavy (non-hydrogen) atoms. The van der Waals surface area contributed by atoms with Gasteiger partial charge in [0.25, 0.3) is 11.5 Å². The lowest BCUT2D eigenvalue weighted by Crippen LogP contribution is -2.30. The van der Waals surface area contributed by atoms with Gasteiger partial charge in [-0.3, -0.25) is 14.6 Å². The van der Waals surface area contributed by atoms with Crippen LogP contribution in [0.2, 0.25) is 5.02 Å². The molecule has 0 radical (unpaired) electrons. The summed E-state index contributed by atoms with van der Waals surface area (Å²) in [6.45, 7) is 0.220. The summed E-state index contributed by atoms with van der Waals surface area (Å²) in [6.07, 6.45) is 4.87. The fourth-order valence-electron chi connectivity index (χ4n) is 3.70. The van der Waals surface area contributed by atoms with Crippen LogP contribution in [0.3, 0.4) is 0 Å². The number of aromatic nitrogens is 2. The van der Waals surface area contributed by atoms with Crippen molar-refractivity contribution in [3.8, 4) is 0 Å². The summed E-state index contributed by atoms with van der Waals surface area (Å²) in [5.41, 5.74) is 8.76. The predicted molar refractivity (Wildman–Crippen MR) is 138 cm³/mol. The van der Waals surface area contributed by atoms with Crippen LogP contribution in [0.15, 0.2) is 84.0 Å². The molecule has 9 heteroatoms. The number of nitrogens with zero attached hydrogens (tertiary/aromatic N) is 2. The van der Waals surface area contributed by atoms with Crippen LogP contribution >= 0.6 is 11.6 Å². The average molecular weight is 504 g/mol. The van der Waals surface area contributed by atoms with Gasteiger partial charge in [0, 0.05) is 47.4 Å². The van der Waals surface area contributed by atoms with Crippen molar-refractivity contribution < 1.29 is 9.18 Å². The first-order chi connectivity index (χ1) is 17.3. The van der Waals surface area contributed by atoms with Crippen LogP contribution in [-0.4, -0.2) is 27.7 Å². The summed E-state index contributed by atoms with van der Waals surface area (Å²) in [7, 11) is 0. The first-order valence-electron chi connectivity index (χ1n) is 11.1. The summed E-state index contributed by atoms with van der Waals surface area (Å²) >= 11 is 5.98. The molecule has 2 aromatic carbocycles. The van der Waals surface area contributed by atoms with Crippen LogP contribution in [0.1, 0.15) is 32.6 Å². The van der Waals surface area contributed by atoms with Crippen molar-refractivity contribution in [2.75, 3.05) is 12.3 Å². The number of benzene rings is 2. The number of hydrogen-bond acceptors (Lipinski definition) is 5. The van der Waals surface area contributed by atoms with E-state index in [0.29, 0.717) is 38.5 Å². The Bertz CT molecular complexity index is 1500. The highest BCUT2D eigenvalue weighted by molar-refractivity contribution is 6.31. The molecule has 0 spiro atoms. The van der Waals surface area contributed by atoms with Gasteiger partial charge in [-0.05, 0) is 53.1 Å². The molecule has 0 aliphatic rings. The van der Waals surface area contributed by atoms with Crippen molar-refractivity contribution in [1.82, 2.24) is 14.9 Å². The Morgan fingerprint density at radius 2 is 1.92 bits per heavy atom. The lowest BCUT2D eigenvalue weighted by atomic mass is 10.0. The highest BCUT2D eigenvalue weighted by Gasteiger charge is 2.12. The highest BCUT2D eigenvalue weighted by Crippen LogP contribution is 2.19. The second-order valence-corrected chi connectivity index (χ2v) is 8.68. The summed E-state index contributed by atoms with van der Waals surface area (Å²) in [4.78, 5) is 28.7. The Morgan fingerprint density at radius 1 is 1.08 bits per heavy atom. The van der Waals surface area contributed by atoms with Crippen LogP contribution < -0.4 is 16.6 Å². The van der Waals surface area contributed by atoms with E-state index in [4.69, 9.17) is 22.7 Å². The maximum atomic E-state index is 14.8. The third kappa shape index (κ3) is 6.03. The normalized spacial score (nSPS) is 10.7. The molecular weight excluding hydrogens is 481 g/mol. The molecule has 0 atom stereocenters. The van der Waals surface area contributed by atoms with Gasteiger partial charge < -0.3 is 21.0 Å². The summed E-state index contributed by atoms with van der Waals surface area (Å²) in [6, 6.07) is 16.2. The van der Waals surface area contributed by atoms with E-state index in [2.05, 4.69) is 10.3 Å². The molecule has 4 rings (SSSR count). The number of nitrogens with two attached hydrogens (primary N) is 1. The number of rotatable bonds is 8. The van der Waals surface area contributed by atoms with Crippen LogP contribution in [0.5, 0.6) is 0 Å².